The number of carbonyl (C=O) groups excluding carboxylic acids is 1. The number of aryl methyl sites for hydroxylation is 1. The number of piperazine rings is 1. The van der Waals surface area contributed by atoms with Crippen LogP contribution in [-0.4, -0.2) is 107 Å². The first-order valence-electron chi connectivity index (χ1n) is 20.1. The molecule has 2 bridgehead atoms. The molecule has 294 valence electrons. The first-order chi connectivity index (χ1) is 25.9. The highest BCUT2D eigenvalue weighted by Crippen LogP contribution is 2.49. The van der Waals surface area contributed by atoms with Crippen molar-refractivity contribution in [3.8, 4) is 5.75 Å². The van der Waals surface area contributed by atoms with Crippen LogP contribution >= 0.6 is 11.6 Å². The first kappa shape index (κ1) is 38.2. The van der Waals surface area contributed by atoms with Crippen LogP contribution in [0.4, 0.5) is 10.1 Å². The standard InChI is InChI=1S/C42H56ClFN4O5S/c1-28-6-4-16-42(52-3,26-46-18-19-47-17-14-34(44)22-35(47)24-46)37-11-8-32(37)23-48-25-41(15-5-7-30-20-33(43)10-12-36(30)41)27-53-39-13-9-31(21-38(39)48)40(49)45-54(50,51)29(28)2/h4,9-10,12-13,16,20-21,28-29,32,34-35,37H,5-8,11,14-15,17-19,22-27H2,1-3H3,(H,45,49)/b16-4+/t28-,29+,32-,34+,35+,37+,41-,42-/m0/s1. The molecule has 0 aromatic heterocycles. The van der Waals surface area contributed by atoms with Gasteiger partial charge in [0.25, 0.3) is 5.91 Å². The second-order valence-corrected chi connectivity index (χ2v) is 19.7. The minimum absolute atomic E-state index is 0.203. The van der Waals surface area contributed by atoms with E-state index in [1.807, 2.05) is 32.2 Å². The summed E-state index contributed by atoms with van der Waals surface area (Å²) in [6.45, 7) is 9.68. The molecule has 1 saturated carbocycles. The summed E-state index contributed by atoms with van der Waals surface area (Å²) >= 11 is 6.50. The lowest BCUT2D eigenvalue weighted by molar-refractivity contribution is -0.101. The first-order valence-corrected chi connectivity index (χ1v) is 22.0. The summed E-state index contributed by atoms with van der Waals surface area (Å²) < 4.78 is 57.6. The molecule has 8 rings (SSSR count). The highest BCUT2D eigenvalue weighted by Gasteiger charge is 2.50. The summed E-state index contributed by atoms with van der Waals surface area (Å²) in [5.41, 5.74) is 2.72. The number of fused-ring (bicyclic) bond motifs is 5. The second kappa shape index (κ2) is 15.0. The van der Waals surface area contributed by atoms with Gasteiger partial charge in [-0.3, -0.25) is 14.6 Å². The fraction of sp³-hybridized carbons (Fsp3) is 0.643. The lowest BCUT2D eigenvalue weighted by Gasteiger charge is -2.53. The lowest BCUT2D eigenvalue weighted by Crippen LogP contribution is -2.62. The molecule has 2 saturated heterocycles. The van der Waals surface area contributed by atoms with Crippen LogP contribution in [0.3, 0.4) is 0 Å². The third-order valence-corrected chi connectivity index (χ3v) is 16.2. The Balaban J connectivity index is 1.18. The van der Waals surface area contributed by atoms with Crippen LogP contribution in [0.5, 0.6) is 5.75 Å². The van der Waals surface area contributed by atoms with E-state index in [1.165, 1.54) is 11.1 Å². The Bertz CT molecular complexity index is 1880. The number of hydrogen-bond donors (Lipinski definition) is 1. The van der Waals surface area contributed by atoms with E-state index < -0.39 is 33.0 Å². The number of allylic oxidation sites excluding steroid dienone is 1. The van der Waals surface area contributed by atoms with Crippen molar-refractivity contribution in [3.05, 3.63) is 70.3 Å². The number of nitrogens with one attached hydrogen (secondary N) is 1. The van der Waals surface area contributed by atoms with Crippen LogP contribution in [0.15, 0.2) is 48.6 Å². The van der Waals surface area contributed by atoms with Crippen molar-refractivity contribution in [1.82, 2.24) is 14.5 Å². The molecule has 3 fully saturated rings. The quantitative estimate of drug-likeness (QED) is 0.359. The molecule has 4 heterocycles. The maximum Gasteiger partial charge on any atom is 0.264 e. The molecule has 1 N–H and O–H groups in total. The van der Waals surface area contributed by atoms with Crippen LogP contribution in [0.1, 0.15) is 80.3 Å². The van der Waals surface area contributed by atoms with Gasteiger partial charge < -0.3 is 14.4 Å². The van der Waals surface area contributed by atoms with Crippen molar-refractivity contribution in [2.45, 2.75) is 93.7 Å². The number of rotatable bonds is 3. The molecule has 1 amide bonds. The van der Waals surface area contributed by atoms with Gasteiger partial charge in [-0.25, -0.2) is 17.5 Å². The van der Waals surface area contributed by atoms with Crippen LogP contribution in [0.25, 0.3) is 0 Å². The van der Waals surface area contributed by atoms with Gasteiger partial charge in [0, 0.05) is 75.0 Å². The minimum atomic E-state index is -3.98. The summed E-state index contributed by atoms with van der Waals surface area (Å²) in [5, 5.41) is -0.0699. The van der Waals surface area contributed by atoms with Gasteiger partial charge in [-0.15, -0.1) is 0 Å². The molecule has 2 aromatic rings. The Morgan fingerprint density at radius 3 is 2.72 bits per heavy atom. The van der Waals surface area contributed by atoms with Gasteiger partial charge in [-0.1, -0.05) is 36.7 Å². The largest absolute Gasteiger partial charge is 0.490 e. The lowest BCUT2D eigenvalue weighted by atomic mass is 9.63. The SMILES string of the molecule is CO[C@]1(CN2CCN3CC[C@@H](F)C[C@@H]3C2)/C=C/C[C@H](C)[C@@H](C)S(=O)(=O)NC(=O)c2ccc3c(c2)N(C[C@@H]2CC[C@H]21)C[C@@]1(CCCc2cc(Cl)ccc21)CO3. The number of alkyl halides is 1. The van der Waals surface area contributed by atoms with Gasteiger partial charge in [-0.05, 0) is 118 Å². The summed E-state index contributed by atoms with van der Waals surface area (Å²) in [6, 6.07) is 11.8. The molecular weight excluding hydrogens is 727 g/mol. The number of anilines is 1. The third kappa shape index (κ3) is 7.21. The monoisotopic (exact) mass is 782 g/mol. The normalized spacial score (nSPS) is 36.4. The van der Waals surface area contributed by atoms with Crippen molar-refractivity contribution in [1.29, 1.82) is 0 Å². The average molecular weight is 783 g/mol. The van der Waals surface area contributed by atoms with Crippen LogP contribution in [0, 0.1) is 17.8 Å². The predicted molar refractivity (Wildman–Crippen MR) is 211 cm³/mol. The molecule has 9 nitrogen and oxygen atoms in total. The number of amides is 1. The molecular formula is C42H56ClFN4O5S. The van der Waals surface area contributed by atoms with Crippen LogP contribution in [-0.2, 0) is 26.6 Å². The van der Waals surface area contributed by atoms with Crippen molar-refractivity contribution < 1.29 is 27.1 Å². The predicted octanol–water partition coefficient (Wildman–Crippen LogP) is 6.39. The zero-order chi connectivity index (χ0) is 37.8. The maximum absolute atomic E-state index is 14.6. The Morgan fingerprint density at radius 2 is 1.93 bits per heavy atom. The average Bonchev–Trinajstić information content (AvgIpc) is 3.28. The van der Waals surface area contributed by atoms with Crippen molar-refractivity contribution in [3.63, 3.8) is 0 Å². The number of hydrogen-bond acceptors (Lipinski definition) is 8. The molecule has 8 atom stereocenters. The molecule has 2 aliphatic carbocycles. The highest BCUT2D eigenvalue weighted by molar-refractivity contribution is 7.90. The number of ether oxygens (including phenoxy) is 2. The van der Waals surface area contributed by atoms with E-state index >= 15 is 0 Å². The summed E-state index contributed by atoms with van der Waals surface area (Å²) in [6.07, 6.45) is 10.3. The number of sulfonamides is 1. The molecule has 54 heavy (non-hydrogen) atoms. The van der Waals surface area contributed by atoms with Gasteiger partial charge in [0.05, 0.1) is 17.5 Å². The maximum atomic E-state index is 14.6. The Hall–Kier alpha value is -2.70. The van der Waals surface area contributed by atoms with Crippen molar-refractivity contribution in [2.24, 2.45) is 17.8 Å². The van der Waals surface area contributed by atoms with Crippen LogP contribution < -0.4 is 14.4 Å². The molecule has 6 aliphatic rings. The zero-order valence-corrected chi connectivity index (χ0v) is 33.5. The minimum Gasteiger partial charge on any atom is -0.490 e. The Labute approximate surface area is 325 Å². The van der Waals surface area contributed by atoms with Crippen molar-refractivity contribution >= 4 is 33.2 Å². The van der Waals surface area contributed by atoms with E-state index in [4.69, 9.17) is 21.1 Å². The molecule has 4 aliphatic heterocycles. The zero-order valence-electron chi connectivity index (χ0n) is 31.9. The molecule has 2 aromatic carbocycles. The molecule has 12 heteroatoms. The third-order valence-electron chi connectivity index (χ3n) is 14.0. The summed E-state index contributed by atoms with van der Waals surface area (Å²) in [5.74, 6) is 0.306. The number of piperidine rings is 1. The van der Waals surface area contributed by atoms with Crippen LogP contribution in [0.2, 0.25) is 5.02 Å². The van der Waals surface area contributed by atoms with Gasteiger partial charge in [0.2, 0.25) is 10.0 Å². The summed E-state index contributed by atoms with van der Waals surface area (Å²) in [4.78, 5) is 21.0. The van der Waals surface area contributed by atoms with Gasteiger partial charge >= 0.3 is 0 Å². The van der Waals surface area contributed by atoms with Gasteiger partial charge in [-0.2, -0.15) is 0 Å². The van der Waals surface area contributed by atoms with E-state index in [1.54, 1.807) is 13.0 Å². The molecule has 0 unspecified atom stereocenters. The number of carbonyl (C=O) groups is 1. The fourth-order valence-corrected chi connectivity index (χ4v) is 12.0. The summed E-state index contributed by atoms with van der Waals surface area (Å²) in [7, 11) is -2.16. The highest BCUT2D eigenvalue weighted by atomic mass is 35.5. The van der Waals surface area contributed by atoms with E-state index in [0.717, 1.165) is 75.5 Å². The van der Waals surface area contributed by atoms with Crippen molar-refractivity contribution in [2.75, 3.05) is 64.4 Å². The second-order valence-electron chi connectivity index (χ2n) is 17.2. The number of benzene rings is 2. The molecule has 0 radical (unpaired) electrons. The van der Waals surface area contributed by atoms with E-state index in [2.05, 4.69) is 43.7 Å². The Morgan fingerprint density at radius 1 is 1.07 bits per heavy atom. The van der Waals surface area contributed by atoms with E-state index in [-0.39, 0.29) is 23.3 Å². The smallest absolute Gasteiger partial charge is 0.264 e. The topological polar surface area (TPSA) is 91.4 Å². The van der Waals surface area contributed by atoms with E-state index in [0.29, 0.717) is 56.2 Å². The number of halogens is 2. The van der Waals surface area contributed by atoms with Gasteiger partial charge in [0.15, 0.2) is 0 Å². The van der Waals surface area contributed by atoms with Gasteiger partial charge in [0.1, 0.15) is 17.5 Å². The molecule has 1 spiro atoms. The fourth-order valence-electron chi connectivity index (χ4n) is 10.5. The number of methoxy groups -OCH3 is 1. The number of nitrogens with zero attached hydrogens (tertiary/aromatic N) is 3. The van der Waals surface area contributed by atoms with E-state index in [9.17, 15) is 17.6 Å². The Kier molecular flexibility index (Phi) is 10.6.